The lowest BCUT2D eigenvalue weighted by Gasteiger charge is -2.08. The average molecular weight is 305 g/mol. The minimum atomic E-state index is -1.79. The van der Waals surface area contributed by atoms with Crippen molar-refractivity contribution >= 4 is 27.0 Å². The smallest absolute Gasteiger partial charge is 0.157 e. The van der Waals surface area contributed by atoms with Gasteiger partial charge in [-0.25, -0.2) is 4.21 Å². The Hall–Kier alpha value is -0.390. The summed E-state index contributed by atoms with van der Waals surface area (Å²) in [7, 11) is 0. The van der Waals surface area contributed by atoms with Crippen molar-refractivity contribution in [2.24, 2.45) is 5.92 Å². The monoisotopic (exact) mass is 304 g/mol. The molecule has 16 heavy (non-hydrogen) atoms. The molecule has 0 aromatic heterocycles. The number of hydrogen-bond acceptors (Lipinski definition) is 2. The number of halogens is 1. The third-order valence-corrected chi connectivity index (χ3v) is 3.66. The molecule has 0 amide bonds. The first-order chi connectivity index (χ1) is 7.65. The summed E-state index contributed by atoms with van der Waals surface area (Å²) in [4.78, 5) is 0. The van der Waals surface area contributed by atoms with Crippen LogP contribution in [-0.2, 0) is 16.8 Å². The highest BCUT2D eigenvalue weighted by molar-refractivity contribution is 9.10. The summed E-state index contributed by atoms with van der Waals surface area (Å²) in [6.07, 6.45) is 2.53. The summed E-state index contributed by atoms with van der Waals surface area (Å²) < 4.78 is 25.9. The maximum atomic E-state index is 10.7. The Labute approximate surface area is 106 Å². The van der Waals surface area contributed by atoms with E-state index < -0.39 is 11.1 Å². The third kappa shape index (κ3) is 3.57. The van der Waals surface area contributed by atoms with Crippen molar-refractivity contribution in [3.63, 3.8) is 0 Å². The van der Waals surface area contributed by atoms with Crippen LogP contribution in [-0.4, -0.2) is 15.4 Å². The summed E-state index contributed by atoms with van der Waals surface area (Å²) >= 11 is 1.61. The second-order valence-corrected chi connectivity index (χ2v) is 5.77. The minimum absolute atomic E-state index is 0.154. The van der Waals surface area contributed by atoms with E-state index in [1.807, 2.05) is 18.2 Å². The van der Waals surface area contributed by atoms with Crippen LogP contribution in [0.1, 0.15) is 18.4 Å². The lowest BCUT2D eigenvalue weighted by molar-refractivity contribution is 0.298. The molecule has 0 heterocycles. The molecule has 1 saturated carbocycles. The molecule has 0 saturated heterocycles. The molecule has 2 rings (SSSR count). The van der Waals surface area contributed by atoms with Gasteiger partial charge in [0.2, 0.25) is 0 Å². The molecule has 1 aliphatic carbocycles. The van der Waals surface area contributed by atoms with Crippen LogP contribution < -0.4 is 4.74 Å². The van der Waals surface area contributed by atoms with Gasteiger partial charge in [-0.3, -0.25) is 0 Å². The maximum absolute atomic E-state index is 10.7. The van der Waals surface area contributed by atoms with Gasteiger partial charge < -0.3 is 9.29 Å². The Morgan fingerprint density at radius 1 is 1.50 bits per heavy atom. The topological polar surface area (TPSA) is 46.5 Å². The van der Waals surface area contributed by atoms with Gasteiger partial charge in [0.25, 0.3) is 0 Å². The van der Waals surface area contributed by atoms with Crippen LogP contribution in [0.2, 0.25) is 0 Å². The molecular weight excluding hydrogens is 292 g/mol. The Bertz CT molecular complexity index is 404. The van der Waals surface area contributed by atoms with Crippen LogP contribution in [0, 0.1) is 5.92 Å². The van der Waals surface area contributed by atoms with E-state index in [0.717, 1.165) is 28.3 Å². The Kier molecular flexibility index (Phi) is 4.00. The van der Waals surface area contributed by atoms with E-state index in [1.165, 1.54) is 12.8 Å². The fourth-order valence-corrected chi connectivity index (χ4v) is 2.39. The van der Waals surface area contributed by atoms with Crippen molar-refractivity contribution in [3.8, 4) is 5.75 Å². The molecule has 0 bridgehead atoms. The van der Waals surface area contributed by atoms with Crippen LogP contribution in [0.15, 0.2) is 22.7 Å². The van der Waals surface area contributed by atoms with Crippen LogP contribution >= 0.6 is 15.9 Å². The number of hydrogen-bond donors (Lipinski definition) is 1. The van der Waals surface area contributed by atoms with Gasteiger partial charge >= 0.3 is 0 Å². The van der Waals surface area contributed by atoms with Crippen molar-refractivity contribution in [2.75, 3.05) is 6.61 Å². The quantitative estimate of drug-likeness (QED) is 0.851. The average Bonchev–Trinajstić information content (AvgIpc) is 2.99. The highest BCUT2D eigenvalue weighted by atomic mass is 79.9. The molecule has 1 aromatic rings. The van der Waals surface area contributed by atoms with Crippen molar-refractivity contribution in [1.29, 1.82) is 0 Å². The second-order valence-electron chi connectivity index (χ2n) is 3.98. The Morgan fingerprint density at radius 3 is 2.81 bits per heavy atom. The molecule has 0 spiro atoms. The van der Waals surface area contributed by atoms with E-state index in [0.29, 0.717) is 0 Å². The largest absolute Gasteiger partial charge is 0.492 e. The minimum Gasteiger partial charge on any atom is -0.492 e. The normalized spacial score (nSPS) is 17.1. The van der Waals surface area contributed by atoms with Gasteiger partial charge in [0.1, 0.15) is 5.75 Å². The highest BCUT2D eigenvalue weighted by Crippen LogP contribution is 2.32. The molecule has 1 aromatic carbocycles. The fraction of sp³-hybridized carbons (Fsp3) is 0.455. The van der Waals surface area contributed by atoms with E-state index in [1.54, 1.807) is 0 Å². The first-order valence-electron chi connectivity index (χ1n) is 5.14. The highest BCUT2D eigenvalue weighted by Gasteiger charge is 2.22. The molecule has 5 heteroatoms. The Morgan fingerprint density at radius 2 is 2.25 bits per heavy atom. The zero-order valence-electron chi connectivity index (χ0n) is 8.69. The lowest BCUT2D eigenvalue weighted by Crippen LogP contribution is -2.00. The van der Waals surface area contributed by atoms with Gasteiger partial charge in [-0.2, -0.15) is 0 Å². The summed E-state index contributed by atoms with van der Waals surface area (Å²) in [5.41, 5.74) is 0.825. The molecule has 3 nitrogen and oxygen atoms in total. The predicted molar refractivity (Wildman–Crippen MR) is 66.8 cm³/mol. The van der Waals surface area contributed by atoms with Crippen molar-refractivity contribution in [1.82, 2.24) is 0 Å². The van der Waals surface area contributed by atoms with E-state index >= 15 is 0 Å². The predicted octanol–water partition coefficient (Wildman–Crippen LogP) is 2.96. The van der Waals surface area contributed by atoms with Gasteiger partial charge in [-0.15, -0.1) is 0 Å². The van der Waals surface area contributed by atoms with Gasteiger partial charge in [-0.1, -0.05) is 6.07 Å². The first-order valence-corrected chi connectivity index (χ1v) is 7.20. The summed E-state index contributed by atoms with van der Waals surface area (Å²) in [5.74, 6) is 1.68. The molecule has 1 N–H and O–H groups in total. The van der Waals surface area contributed by atoms with Gasteiger partial charge in [0.15, 0.2) is 11.1 Å². The van der Waals surface area contributed by atoms with Gasteiger partial charge in [-0.05, 0) is 52.4 Å². The molecular formula is C11H13BrO3S. The third-order valence-electron chi connectivity index (χ3n) is 2.46. The summed E-state index contributed by atoms with van der Waals surface area (Å²) in [6, 6.07) is 5.49. The molecule has 1 fully saturated rings. The molecule has 0 aliphatic heterocycles. The van der Waals surface area contributed by atoms with E-state index in [4.69, 9.17) is 9.29 Å². The zero-order chi connectivity index (χ0) is 11.5. The molecule has 1 atom stereocenters. The van der Waals surface area contributed by atoms with Gasteiger partial charge in [0, 0.05) is 0 Å². The van der Waals surface area contributed by atoms with Crippen LogP contribution in [0.4, 0.5) is 0 Å². The van der Waals surface area contributed by atoms with Crippen molar-refractivity contribution in [3.05, 3.63) is 28.2 Å². The zero-order valence-corrected chi connectivity index (χ0v) is 11.1. The lowest BCUT2D eigenvalue weighted by atomic mass is 10.2. The summed E-state index contributed by atoms with van der Waals surface area (Å²) in [6.45, 7) is 0.768. The molecule has 1 unspecified atom stereocenters. The van der Waals surface area contributed by atoms with E-state index in [-0.39, 0.29) is 5.75 Å². The van der Waals surface area contributed by atoms with Crippen LogP contribution in [0.3, 0.4) is 0 Å². The number of rotatable bonds is 5. The van der Waals surface area contributed by atoms with Crippen LogP contribution in [0.25, 0.3) is 0 Å². The van der Waals surface area contributed by atoms with E-state index in [2.05, 4.69) is 15.9 Å². The number of ether oxygens (including phenoxy) is 1. The molecule has 88 valence electrons. The Balaban J connectivity index is 2.00. The standard InChI is InChI=1S/C11H13BrO3S/c12-10-5-9(7-16(13)14)3-4-11(10)15-6-8-1-2-8/h3-5,8H,1-2,6-7H2,(H,13,14). The second kappa shape index (κ2) is 5.29. The SMILES string of the molecule is O=S(O)Cc1ccc(OCC2CC2)c(Br)c1. The van der Waals surface area contributed by atoms with E-state index in [9.17, 15) is 4.21 Å². The first kappa shape index (κ1) is 12.1. The summed E-state index contributed by atoms with van der Waals surface area (Å²) in [5, 5.41) is 0. The maximum Gasteiger partial charge on any atom is 0.157 e. The van der Waals surface area contributed by atoms with Crippen molar-refractivity contribution < 1.29 is 13.5 Å². The number of benzene rings is 1. The molecule has 0 radical (unpaired) electrons. The fourth-order valence-electron chi connectivity index (χ4n) is 1.39. The van der Waals surface area contributed by atoms with Crippen LogP contribution in [0.5, 0.6) is 5.75 Å². The van der Waals surface area contributed by atoms with Gasteiger partial charge in [0.05, 0.1) is 16.8 Å². The molecule has 1 aliphatic rings. The van der Waals surface area contributed by atoms with Crippen molar-refractivity contribution in [2.45, 2.75) is 18.6 Å².